The van der Waals surface area contributed by atoms with E-state index in [0.29, 0.717) is 0 Å². The number of aromatic nitrogens is 6. The predicted molar refractivity (Wildman–Crippen MR) is 223 cm³/mol. The summed E-state index contributed by atoms with van der Waals surface area (Å²) in [6.07, 6.45) is 3.65. The van der Waals surface area contributed by atoms with Crippen LogP contribution in [-0.2, 0) is 0 Å². The lowest BCUT2D eigenvalue weighted by molar-refractivity contribution is 1.06. The molecule has 0 aliphatic carbocycles. The number of aryl methyl sites for hydroxylation is 1. The van der Waals surface area contributed by atoms with E-state index in [1.165, 1.54) is 5.56 Å². The molecule has 0 spiro atoms. The van der Waals surface area contributed by atoms with E-state index in [-0.39, 0.29) is 0 Å². The molecule has 0 aliphatic rings. The number of rotatable bonds is 7. The molecule has 0 aliphatic heterocycles. The topological polar surface area (TPSA) is 61.4 Å². The molecule has 10 rings (SSSR count). The summed E-state index contributed by atoms with van der Waals surface area (Å²) in [6.45, 7) is 2.13. The second-order valence-corrected chi connectivity index (χ2v) is 13.7. The Morgan fingerprint density at radius 3 is 1.45 bits per heavy atom. The van der Waals surface area contributed by atoms with Crippen molar-refractivity contribution in [2.75, 3.05) is 0 Å². The van der Waals surface area contributed by atoms with Crippen molar-refractivity contribution in [3.8, 4) is 67.5 Å². The third-order valence-corrected chi connectivity index (χ3v) is 10.2. The molecule has 0 radical (unpaired) electrons. The molecule has 0 saturated heterocycles. The average molecular weight is 707 g/mol. The SMILES string of the molecule is Cc1ccccc1-n1c(-c2cccc(-c3cccc(-c4ccc(-c5ccc(-c6nc7cccnc7n6-c6ccccc6)cc5)cc4)c3)c2)nc2cccnc21. The van der Waals surface area contributed by atoms with Gasteiger partial charge in [0, 0.05) is 29.2 Å². The summed E-state index contributed by atoms with van der Waals surface area (Å²) in [5.74, 6) is 1.74. The Kier molecular flexibility index (Phi) is 7.92. The van der Waals surface area contributed by atoms with Gasteiger partial charge < -0.3 is 0 Å². The van der Waals surface area contributed by atoms with Gasteiger partial charge in [0.1, 0.15) is 22.7 Å². The molecule has 55 heavy (non-hydrogen) atoms. The molecule has 0 bridgehead atoms. The van der Waals surface area contributed by atoms with Gasteiger partial charge in [-0.05, 0) is 100 Å². The molecule has 0 unspecified atom stereocenters. The fraction of sp³-hybridized carbons (Fsp3) is 0.0204. The molecule has 6 nitrogen and oxygen atoms in total. The van der Waals surface area contributed by atoms with Crippen LogP contribution in [-0.4, -0.2) is 29.1 Å². The first-order chi connectivity index (χ1) is 27.2. The van der Waals surface area contributed by atoms with E-state index in [2.05, 4.69) is 155 Å². The van der Waals surface area contributed by atoms with Crippen LogP contribution in [0.1, 0.15) is 5.56 Å². The quantitative estimate of drug-likeness (QED) is 0.165. The summed E-state index contributed by atoms with van der Waals surface area (Å²) >= 11 is 0. The number of imidazole rings is 2. The molecule has 4 heterocycles. The Balaban J connectivity index is 0.940. The monoisotopic (exact) mass is 706 g/mol. The maximum atomic E-state index is 5.07. The molecule has 4 aromatic heterocycles. The number of nitrogens with zero attached hydrogens (tertiary/aromatic N) is 6. The van der Waals surface area contributed by atoms with Crippen LogP contribution in [0.15, 0.2) is 188 Å². The molecule has 6 heteroatoms. The van der Waals surface area contributed by atoms with Gasteiger partial charge in [0.25, 0.3) is 0 Å². The largest absolute Gasteiger partial charge is 0.277 e. The lowest BCUT2D eigenvalue weighted by atomic mass is 9.96. The van der Waals surface area contributed by atoms with Crippen LogP contribution in [0.5, 0.6) is 0 Å². The van der Waals surface area contributed by atoms with E-state index in [9.17, 15) is 0 Å². The van der Waals surface area contributed by atoms with Crippen LogP contribution < -0.4 is 0 Å². The Bertz CT molecular complexity index is 2980. The van der Waals surface area contributed by atoms with E-state index in [4.69, 9.17) is 15.0 Å². The van der Waals surface area contributed by atoms with Crippen LogP contribution in [0, 0.1) is 6.92 Å². The van der Waals surface area contributed by atoms with Gasteiger partial charge in [-0.1, -0.05) is 121 Å². The third kappa shape index (κ3) is 5.86. The molecule has 0 fully saturated rings. The van der Waals surface area contributed by atoms with Crippen molar-refractivity contribution >= 4 is 22.3 Å². The third-order valence-electron chi connectivity index (χ3n) is 10.2. The maximum absolute atomic E-state index is 5.07. The van der Waals surface area contributed by atoms with Crippen molar-refractivity contribution < 1.29 is 0 Å². The highest BCUT2D eigenvalue weighted by Gasteiger charge is 2.18. The first kappa shape index (κ1) is 32.2. The number of para-hydroxylation sites is 2. The van der Waals surface area contributed by atoms with Crippen molar-refractivity contribution in [3.63, 3.8) is 0 Å². The molecule has 0 atom stereocenters. The normalized spacial score (nSPS) is 11.4. The van der Waals surface area contributed by atoms with Crippen molar-refractivity contribution in [2.24, 2.45) is 0 Å². The van der Waals surface area contributed by atoms with Gasteiger partial charge >= 0.3 is 0 Å². The minimum absolute atomic E-state index is 0.844. The predicted octanol–water partition coefficient (Wildman–Crippen LogP) is 11.8. The second-order valence-electron chi connectivity index (χ2n) is 13.7. The first-order valence-electron chi connectivity index (χ1n) is 18.4. The molecule has 260 valence electrons. The Morgan fingerprint density at radius 2 is 0.836 bits per heavy atom. The van der Waals surface area contributed by atoms with Crippen LogP contribution in [0.25, 0.3) is 89.9 Å². The number of benzene rings is 6. The fourth-order valence-corrected chi connectivity index (χ4v) is 7.46. The van der Waals surface area contributed by atoms with Crippen LogP contribution in [0.4, 0.5) is 0 Å². The van der Waals surface area contributed by atoms with E-state index in [1.54, 1.807) is 0 Å². The van der Waals surface area contributed by atoms with Crippen LogP contribution >= 0.6 is 0 Å². The standard InChI is InChI=1S/C49H34N6/c1-33-11-5-6-20-45(33)55-47(53-44-19-10-30-51-49(44)55)41-15-8-14-40(32-41)39-13-7-12-38(31-39)36-23-21-34(22-24-36)35-25-27-37(28-26-35)46-52-43-18-9-29-50-48(43)54(46)42-16-3-2-4-17-42/h2-32H,1H3. The summed E-state index contributed by atoms with van der Waals surface area (Å²) in [4.78, 5) is 19.4. The zero-order valence-electron chi connectivity index (χ0n) is 30.1. The molecule has 6 aromatic carbocycles. The molecular weight excluding hydrogens is 673 g/mol. The van der Waals surface area contributed by atoms with Crippen molar-refractivity contribution in [1.82, 2.24) is 29.1 Å². The Morgan fingerprint density at radius 1 is 0.364 bits per heavy atom. The zero-order valence-corrected chi connectivity index (χ0v) is 30.1. The van der Waals surface area contributed by atoms with Crippen molar-refractivity contribution in [2.45, 2.75) is 6.92 Å². The number of pyridine rings is 2. The van der Waals surface area contributed by atoms with Gasteiger partial charge in [-0.25, -0.2) is 19.9 Å². The molecule has 0 N–H and O–H groups in total. The lowest BCUT2D eigenvalue weighted by Crippen LogP contribution is -2.01. The zero-order chi connectivity index (χ0) is 36.7. The maximum Gasteiger partial charge on any atom is 0.164 e. The van der Waals surface area contributed by atoms with Gasteiger partial charge in [-0.15, -0.1) is 0 Å². The van der Waals surface area contributed by atoms with Gasteiger partial charge in [-0.3, -0.25) is 9.13 Å². The molecule has 0 amide bonds. The minimum Gasteiger partial charge on any atom is -0.277 e. The summed E-state index contributed by atoms with van der Waals surface area (Å²) in [7, 11) is 0. The van der Waals surface area contributed by atoms with Gasteiger partial charge in [0.15, 0.2) is 11.3 Å². The number of fused-ring (bicyclic) bond motifs is 2. The van der Waals surface area contributed by atoms with Crippen molar-refractivity contribution in [1.29, 1.82) is 0 Å². The van der Waals surface area contributed by atoms with Gasteiger partial charge in [0.2, 0.25) is 0 Å². The first-order valence-corrected chi connectivity index (χ1v) is 18.4. The van der Waals surface area contributed by atoms with Crippen molar-refractivity contribution in [3.05, 3.63) is 194 Å². The van der Waals surface area contributed by atoms with Gasteiger partial charge in [0.05, 0.1) is 5.69 Å². The summed E-state index contributed by atoms with van der Waals surface area (Å²) in [5, 5.41) is 0. The van der Waals surface area contributed by atoms with E-state index in [1.807, 2.05) is 54.9 Å². The van der Waals surface area contributed by atoms with Gasteiger partial charge in [-0.2, -0.15) is 0 Å². The summed E-state index contributed by atoms with van der Waals surface area (Å²) in [6, 6.07) is 61.4. The van der Waals surface area contributed by atoms with E-state index >= 15 is 0 Å². The Hall–Kier alpha value is -7.44. The molecular formula is C49H34N6. The highest BCUT2D eigenvalue weighted by atomic mass is 15.1. The number of hydrogen-bond donors (Lipinski definition) is 0. The smallest absolute Gasteiger partial charge is 0.164 e. The van der Waals surface area contributed by atoms with E-state index < -0.39 is 0 Å². The Labute approximate surface area is 318 Å². The highest BCUT2D eigenvalue weighted by molar-refractivity contribution is 5.84. The van der Waals surface area contributed by atoms with Crippen LogP contribution in [0.2, 0.25) is 0 Å². The number of hydrogen-bond acceptors (Lipinski definition) is 4. The average Bonchev–Trinajstić information content (AvgIpc) is 3.84. The fourth-order valence-electron chi connectivity index (χ4n) is 7.46. The lowest BCUT2D eigenvalue weighted by Gasteiger charge is -2.13. The minimum atomic E-state index is 0.844. The van der Waals surface area contributed by atoms with Crippen LogP contribution in [0.3, 0.4) is 0 Å². The molecule has 10 aromatic rings. The highest BCUT2D eigenvalue weighted by Crippen LogP contribution is 2.34. The summed E-state index contributed by atoms with van der Waals surface area (Å²) in [5.41, 5.74) is 15.7. The van der Waals surface area contributed by atoms with E-state index in [0.717, 1.165) is 89.9 Å². The summed E-state index contributed by atoms with van der Waals surface area (Å²) < 4.78 is 4.30. The molecule has 0 saturated carbocycles. The second kappa shape index (κ2) is 13.5.